The van der Waals surface area contributed by atoms with E-state index in [1.165, 1.54) is 11.3 Å². The Balaban J connectivity index is 1.41. The minimum absolute atomic E-state index is 0.0419. The van der Waals surface area contributed by atoms with E-state index in [0.29, 0.717) is 27.8 Å². The van der Waals surface area contributed by atoms with Crippen molar-refractivity contribution in [3.8, 4) is 33.5 Å². The summed E-state index contributed by atoms with van der Waals surface area (Å²) in [4.78, 5) is 28.7. The number of aromatic nitrogens is 3. The summed E-state index contributed by atoms with van der Waals surface area (Å²) in [5.74, 6) is -0.0520. The van der Waals surface area contributed by atoms with E-state index in [2.05, 4.69) is 10.1 Å². The standard InChI is InChI=1S/C22H19N3O6S/c1-28-17-10-6-9-16(19(17)29-2)21-23-15(13-32-21)12-30-18(26)11-25-22(27)31-20(24-25)14-7-4-3-5-8-14/h3-10,13H,11-12H2,1-2H3. The van der Waals surface area contributed by atoms with Crippen molar-refractivity contribution < 1.29 is 23.4 Å². The van der Waals surface area contributed by atoms with E-state index in [-0.39, 0.29) is 19.0 Å². The number of hydrogen-bond donors (Lipinski definition) is 0. The van der Waals surface area contributed by atoms with Crippen LogP contribution in [0.4, 0.5) is 0 Å². The van der Waals surface area contributed by atoms with Gasteiger partial charge < -0.3 is 18.6 Å². The Kier molecular flexibility index (Phi) is 6.31. The van der Waals surface area contributed by atoms with E-state index in [9.17, 15) is 9.59 Å². The summed E-state index contributed by atoms with van der Waals surface area (Å²) in [5, 5.41) is 6.54. The molecule has 9 nitrogen and oxygen atoms in total. The summed E-state index contributed by atoms with van der Waals surface area (Å²) >= 11 is 1.39. The second-order valence-corrected chi connectivity index (χ2v) is 7.40. The predicted molar refractivity (Wildman–Crippen MR) is 117 cm³/mol. The lowest BCUT2D eigenvalue weighted by Crippen LogP contribution is -2.23. The number of methoxy groups -OCH3 is 2. The van der Waals surface area contributed by atoms with Gasteiger partial charge in [0.1, 0.15) is 18.2 Å². The van der Waals surface area contributed by atoms with Gasteiger partial charge in [-0.1, -0.05) is 24.3 Å². The second kappa shape index (κ2) is 9.48. The number of thiazole rings is 1. The van der Waals surface area contributed by atoms with Crippen LogP contribution in [0.2, 0.25) is 0 Å². The molecule has 0 spiro atoms. The van der Waals surface area contributed by atoms with Crippen molar-refractivity contribution in [3.63, 3.8) is 0 Å². The largest absolute Gasteiger partial charge is 0.493 e. The molecule has 0 atom stereocenters. The van der Waals surface area contributed by atoms with Gasteiger partial charge in [-0.25, -0.2) is 9.78 Å². The van der Waals surface area contributed by atoms with Crippen molar-refractivity contribution >= 4 is 17.3 Å². The fourth-order valence-electron chi connectivity index (χ4n) is 2.98. The molecule has 0 aliphatic heterocycles. The van der Waals surface area contributed by atoms with Crippen LogP contribution in [-0.4, -0.2) is 35.0 Å². The molecule has 2 heterocycles. The summed E-state index contributed by atoms with van der Waals surface area (Å²) in [6.45, 7) is -0.407. The SMILES string of the molecule is COc1cccc(-c2nc(COC(=O)Cn3nc(-c4ccccc4)oc3=O)cs2)c1OC. The predicted octanol–water partition coefficient (Wildman–Crippen LogP) is 3.39. The van der Waals surface area contributed by atoms with Crippen LogP contribution >= 0.6 is 11.3 Å². The molecule has 4 aromatic rings. The normalized spacial score (nSPS) is 10.7. The first-order valence-electron chi connectivity index (χ1n) is 9.54. The Morgan fingerprint density at radius 2 is 1.91 bits per heavy atom. The molecule has 0 saturated carbocycles. The number of carbonyl (C=O) groups is 1. The summed E-state index contributed by atoms with van der Waals surface area (Å²) < 4.78 is 22.1. The van der Waals surface area contributed by atoms with Crippen LogP contribution in [0.1, 0.15) is 5.69 Å². The lowest BCUT2D eigenvalue weighted by Gasteiger charge is -2.10. The van der Waals surface area contributed by atoms with E-state index in [4.69, 9.17) is 18.6 Å². The van der Waals surface area contributed by atoms with E-state index in [0.717, 1.165) is 10.2 Å². The zero-order chi connectivity index (χ0) is 22.5. The van der Waals surface area contributed by atoms with Gasteiger partial charge in [0.15, 0.2) is 11.5 Å². The molecule has 0 aliphatic rings. The fraction of sp³-hybridized carbons (Fsp3) is 0.182. The van der Waals surface area contributed by atoms with Gasteiger partial charge in [0.25, 0.3) is 0 Å². The van der Waals surface area contributed by atoms with Gasteiger partial charge in [-0.05, 0) is 24.3 Å². The maximum atomic E-state index is 12.2. The Labute approximate surface area is 186 Å². The summed E-state index contributed by atoms with van der Waals surface area (Å²) in [7, 11) is 3.13. The smallest absolute Gasteiger partial charge is 0.437 e. The highest BCUT2D eigenvalue weighted by Gasteiger charge is 2.17. The zero-order valence-corrected chi connectivity index (χ0v) is 18.1. The monoisotopic (exact) mass is 453 g/mol. The van der Waals surface area contributed by atoms with Gasteiger partial charge in [0, 0.05) is 10.9 Å². The molecule has 4 rings (SSSR count). The Hall–Kier alpha value is -3.92. The minimum atomic E-state index is -0.734. The zero-order valence-electron chi connectivity index (χ0n) is 17.3. The van der Waals surface area contributed by atoms with Crippen LogP contribution in [0.15, 0.2) is 63.1 Å². The number of hydrogen-bond acceptors (Lipinski definition) is 9. The van der Waals surface area contributed by atoms with Gasteiger partial charge in [0.05, 0.1) is 25.5 Å². The molecule has 2 aromatic carbocycles. The molecule has 0 amide bonds. The minimum Gasteiger partial charge on any atom is -0.493 e. The van der Waals surface area contributed by atoms with E-state index < -0.39 is 11.7 Å². The van der Waals surface area contributed by atoms with Crippen molar-refractivity contribution in [3.05, 3.63) is 70.2 Å². The lowest BCUT2D eigenvalue weighted by molar-refractivity contribution is -0.146. The Bertz CT molecular complexity index is 1280. The highest BCUT2D eigenvalue weighted by Crippen LogP contribution is 2.39. The third-order valence-electron chi connectivity index (χ3n) is 4.47. The third-order valence-corrected chi connectivity index (χ3v) is 5.40. The molecular weight excluding hydrogens is 434 g/mol. The number of carbonyl (C=O) groups excluding carboxylic acids is 1. The molecule has 164 valence electrons. The van der Waals surface area contributed by atoms with Gasteiger partial charge in [-0.3, -0.25) is 4.79 Å². The van der Waals surface area contributed by atoms with Crippen LogP contribution in [0.25, 0.3) is 22.0 Å². The van der Waals surface area contributed by atoms with Crippen molar-refractivity contribution in [1.82, 2.24) is 14.8 Å². The topological polar surface area (TPSA) is 106 Å². The summed E-state index contributed by atoms with van der Waals surface area (Å²) in [5.41, 5.74) is 1.98. The molecule has 0 N–H and O–H groups in total. The Morgan fingerprint density at radius 1 is 1.09 bits per heavy atom. The molecule has 0 bridgehead atoms. The van der Waals surface area contributed by atoms with Gasteiger partial charge in [-0.15, -0.1) is 16.4 Å². The first-order valence-corrected chi connectivity index (χ1v) is 10.4. The molecule has 0 aliphatic carbocycles. The van der Waals surface area contributed by atoms with Crippen LogP contribution in [0.3, 0.4) is 0 Å². The molecule has 10 heteroatoms. The number of para-hydroxylation sites is 1. The molecule has 0 radical (unpaired) electrons. The number of rotatable bonds is 8. The van der Waals surface area contributed by atoms with Crippen LogP contribution in [0, 0.1) is 0 Å². The van der Waals surface area contributed by atoms with Gasteiger partial charge >= 0.3 is 11.7 Å². The van der Waals surface area contributed by atoms with Gasteiger partial charge in [-0.2, -0.15) is 4.68 Å². The molecule has 0 saturated heterocycles. The third kappa shape index (κ3) is 4.54. The number of ether oxygens (including phenoxy) is 3. The summed E-state index contributed by atoms with van der Waals surface area (Å²) in [6, 6.07) is 14.5. The molecule has 32 heavy (non-hydrogen) atoms. The second-order valence-electron chi connectivity index (χ2n) is 6.54. The first-order chi connectivity index (χ1) is 15.6. The quantitative estimate of drug-likeness (QED) is 0.374. The fourth-order valence-corrected chi connectivity index (χ4v) is 3.80. The molecule has 2 aromatic heterocycles. The van der Waals surface area contributed by atoms with Crippen LogP contribution < -0.4 is 15.2 Å². The number of esters is 1. The van der Waals surface area contributed by atoms with Crippen molar-refractivity contribution in [2.45, 2.75) is 13.2 Å². The van der Waals surface area contributed by atoms with Crippen LogP contribution in [-0.2, 0) is 22.7 Å². The number of nitrogens with zero attached hydrogens (tertiary/aromatic N) is 3. The molecule has 0 fully saturated rings. The van der Waals surface area contributed by atoms with Crippen molar-refractivity contribution in [2.24, 2.45) is 0 Å². The number of benzene rings is 2. The Morgan fingerprint density at radius 3 is 2.66 bits per heavy atom. The average molecular weight is 453 g/mol. The van der Waals surface area contributed by atoms with Crippen LogP contribution in [0.5, 0.6) is 11.5 Å². The molecular formula is C22H19N3O6S. The van der Waals surface area contributed by atoms with E-state index in [1.54, 1.807) is 49.9 Å². The highest BCUT2D eigenvalue weighted by atomic mass is 32.1. The van der Waals surface area contributed by atoms with Crippen molar-refractivity contribution in [2.75, 3.05) is 14.2 Å². The lowest BCUT2D eigenvalue weighted by atomic mass is 10.2. The highest BCUT2D eigenvalue weighted by molar-refractivity contribution is 7.13. The molecule has 0 unspecified atom stereocenters. The maximum Gasteiger partial charge on any atom is 0.437 e. The maximum absolute atomic E-state index is 12.2. The summed E-state index contributed by atoms with van der Waals surface area (Å²) in [6.07, 6.45) is 0. The van der Waals surface area contributed by atoms with Gasteiger partial charge in [0.2, 0.25) is 5.89 Å². The van der Waals surface area contributed by atoms with E-state index in [1.807, 2.05) is 18.2 Å². The van der Waals surface area contributed by atoms with Crippen molar-refractivity contribution in [1.29, 1.82) is 0 Å². The van der Waals surface area contributed by atoms with E-state index >= 15 is 0 Å². The first kappa shape index (κ1) is 21.3. The average Bonchev–Trinajstić information content (AvgIpc) is 3.44.